The molecule has 0 aromatic carbocycles. The minimum Gasteiger partial charge on any atom is -0.444 e. The highest BCUT2D eigenvalue weighted by Crippen LogP contribution is 2.11. The van der Waals surface area contributed by atoms with Crippen LogP contribution in [0.25, 0.3) is 4.96 Å². The van der Waals surface area contributed by atoms with E-state index < -0.39 is 17.2 Å². The number of carbonyl (C=O) groups is 1. The van der Waals surface area contributed by atoms with Crippen molar-refractivity contribution in [3.05, 3.63) is 23.5 Å². The summed E-state index contributed by atoms with van der Waals surface area (Å²) in [5.41, 5.74) is -0.0913. The number of alkyl carbamates (subject to hydrolysis) is 1. The van der Waals surface area contributed by atoms with Gasteiger partial charge < -0.3 is 20.7 Å². The monoisotopic (exact) mass is 380 g/mol. The van der Waals surface area contributed by atoms with E-state index in [2.05, 4.69) is 25.9 Å². The van der Waals surface area contributed by atoms with Crippen LogP contribution in [0.5, 0.6) is 0 Å². The Labute approximate surface area is 158 Å². The number of fused-ring (bicyclic) bond motifs is 1. The van der Waals surface area contributed by atoms with Gasteiger partial charge in [0.2, 0.25) is 0 Å². The van der Waals surface area contributed by atoms with Gasteiger partial charge in [-0.1, -0.05) is 0 Å². The van der Waals surface area contributed by atoms with E-state index in [4.69, 9.17) is 4.74 Å². The molecule has 8 nitrogen and oxygen atoms in total. The lowest BCUT2D eigenvalue weighted by Gasteiger charge is -2.29. The molecule has 0 saturated carbocycles. The topological polar surface area (TPSA) is 92.0 Å². The zero-order valence-electron chi connectivity index (χ0n) is 16.2. The second-order valence-corrected chi connectivity index (χ2v) is 8.49. The Morgan fingerprint density at radius 3 is 2.65 bits per heavy atom. The molecule has 1 amide bonds. The normalized spacial score (nSPS) is 12.9. The number of thiazole rings is 1. The predicted molar refractivity (Wildman–Crippen MR) is 105 cm³/mol. The number of imidazole rings is 1. The number of aromatic nitrogens is 2. The quantitative estimate of drug-likeness (QED) is 0.547. The largest absolute Gasteiger partial charge is 0.444 e. The van der Waals surface area contributed by atoms with Gasteiger partial charge >= 0.3 is 6.09 Å². The van der Waals surface area contributed by atoms with Gasteiger partial charge in [-0.15, -0.1) is 11.3 Å². The molecule has 0 spiro atoms. The molecule has 0 saturated heterocycles. The first kappa shape index (κ1) is 20.0. The first-order valence-corrected chi connectivity index (χ1v) is 9.33. The molecule has 0 radical (unpaired) electrons. The highest BCUT2D eigenvalue weighted by molar-refractivity contribution is 7.15. The molecule has 0 atom stereocenters. The summed E-state index contributed by atoms with van der Waals surface area (Å²) in [7, 11) is 1.70. The lowest BCUT2D eigenvalue weighted by atomic mass is 10.1. The standard InChI is InChI=1S/C17H28N6O2S/c1-16(2,3)25-15(24)22-17(4,5)11-20-13(18-6)19-9-12-10-23-7-8-26-14(23)21-12/h7-8,10H,9,11H2,1-6H3,(H,22,24)(H2,18,19,20). The van der Waals surface area contributed by atoms with E-state index in [1.807, 2.05) is 56.8 Å². The molecule has 0 bridgehead atoms. The van der Waals surface area contributed by atoms with Crippen molar-refractivity contribution in [3.63, 3.8) is 0 Å². The van der Waals surface area contributed by atoms with Crippen LogP contribution in [0.15, 0.2) is 22.8 Å². The first-order valence-electron chi connectivity index (χ1n) is 8.45. The molecule has 2 rings (SSSR count). The molecule has 0 aliphatic rings. The Morgan fingerprint density at radius 2 is 2.04 bits per heavy atom. The van der Waals surface area contributed by atoms with Crippen LogP contribution in [0.1, 0.15) is 40.3 Å². The summed E-state index contributed by atoms with van der Waals surface area (Å²) in [5, 5.41) is 11.3. The van der Waals surface area contributed by atoms with Gasteiger partial charge in [0, 0.05) is 31.4 Å². The molecule has 144 valence electrons. The summed E-state index contributed by atoms with van der Waals surface area (Å²) in [6.45, 7) is 10.4. The minimum atomic E-state index is -0.524. The van der Waals surface area contributed by atoms with Crippen molar-refractivity contribution in [2.45, 2.75) is 52.3 Å². The van der Waals surface area contributed by atoms with Crippen molar-refractivity contribution in [2.24, 2.45) is 4.99 Å². The van der Waals surface area contributed by atoms with E-state index in [1.54, 1.807) is 18.4 Å². The summed E-state index contributed by atoms with van der Waals surface area (Å²) in [6, 6.07) is 0. The van der Waals surface area contributed by atoms with Gasteiger partial charge in [0.05, 0.1) is 17.8 Å². The van der Waals surface area contributed by atoms with Crippen LogP contribution >= 0.6 is 11.3 Å². The van der Waals surface area contributed by atoms with E-state index in [9.17, 15) is 4.79 Å². The number of aliphatic imine (C=N–C) groups is 1. The number of nitrogens with one attached hydrogen (secondary N) is 3. The minimum absolute atomic E-state index is 0.440. The molecular formula is C17H28N6O2S. The number of hydrogen-bond acceptors (Lipinski definition) is 5. The summed E-state index contributed by atoms with van der Waals surface area (Å²) >= 11 is 1.60. The second kappa shape index (κ2) is 7.94. The lowest BCUT2D eigenvalue weighted by Crippen LogP contribution is -2.54. The SMILES string of the molecule is CN=C(NCc1cn2ccsc2n1)NCC(C)(C)NC(=O)OC(C)(C)C. The van der Waals surface area contributed by atoms with Gasteiger partial charge in [-0.05, 0) is 34.6 Å². The Bertz CT molecular complexity index is 743. The van der Waals surface area contributed by atoms with Crippen molar-refractivity contribution >= 4 is 28.4 Å². The number of ether oxygens (including phenoxy) is 1. The van der Waals surface area contributed by atoms with Crippen LogP contribution in [-0.2, 0) is 11.3 Å². The van der Waals surface area contributed by atoms with Gasteiger partial charge in [0.25, 0.3) is 0 Å². The molecule has 0 unspecified atom stereocenters. The number of nitrogens with zero attached hydrogens (tertiary/aromatic N) is 3. The van der Waals surface area contributed by atoms with Gasteiger partial charge in [0.15, 0.2) is 10.9 Å². The number of amides is 1. The zero-order chi connectivity index (χ0) is 19.4. The Hall–Kier alpha value is -2.29. The van der Waals surface area contributed by atoms with E-state index in [0.717, 1.165) is 10.7 Å². The zero-order valence-corrected chi connectivity index (χ0v) is 17.0. The van der Waals surface area contributed by atoms with Gasteiger partial charge in [-0.25, -0.2) is 9.78 Å². The molecule has 2 heterocycles. The predicted octanol–water partition coefficient (Wildman–Crippen LogP) is 2.36. The second-order valence-electron chi connectivity index (χ2n) is 7.62. The van der Waals surface area contributed by atoms with E-state index in [-0.39, 0.29) is 0 Å². The summed E-state index contributed by atoms with van der Waals surface area (Å²) in [4.78, 5) is 21.6. The summed E-state index contributed by atoms with van der Waals surface area (Å²) in [6.07, 6.45) is 3.53. The smallest absolute Gasteiger partial charge is 0.408 e. The number of rotatable bonds is 5. The molecule has 9 heteroatoms. The molecule has 0 aliphatic heterocycles. The number of hydrogen-bond donors (Lipinski definition) is 3. The maximum Gasteiger partial charge on any atom is 0.408 e. The van der Waals surface area contributed by atoms with Gasteiger partial charge in [-0.3, -0.25) is 9.39 Å². The van der Waals surface area contributed by atoms with E-state index in [1.165, 1.54) is 0 Å². The van der Waals surface area contributed by atoms with Crippen molar-refractivity contribution in [1.29, 1.82) is 0 Å². The molecule has 2 aromatic heterocycles. The fourth-order valence-corrected chi connectivity index (χ4v) is 2.90. The van der Waals surface area contributed by atoms with Crippen LogP contribution in [-0.4, -0.2) is 46.2 Å². The fraction of sp³-hybridized carbons (Fsp3) is 0.588. The van der Waals surface area contributed by atoms with Crippen molar-refractivity contribution in [3.8, 4) is 0 Å². The average molecular weight is 381 g/mol. The maximum absolute atomic E-state index is 11.9. The summed E-state index contributed by atoms with van der Waals surface area (Å²) in [5.74, 6) is 0.639. The van der Waals surface area contributed by atoms with Crippen LogP contribution in [0.4, 0.5) is 4.79 Å². The Kier molecular flexibility index (Phi) is 6.12. The van der Waals surface area contributed by atoms with Crippen molar-refractivity contribution < 1.29 is 9.53 Å². The average Bonchev–Trinajstić information content (AvgIpc) is 3.05. The summed E-state index contributed by atoms with van der Waals surface area (Å²) < 4.78 is 7.29. The van der Waals surface area contributed by atoms with Crippen molar-refractivity contribution in [1.82, 2.24) is 25.3 Å². The van der Waals surface area contributed by atoms with Gasteiger partial charge in [0.1, 0.15) is 5.60 Å². The van der Waals surface area contributed by atoms with E-state index >= 15 is 0 Å². The molecule has 26 heavy (non-hydrogen) atoms. The lowest BCUT2D eigenvalue weighted by molar-refractivity contribution is 0.0474. The molecule has 3 N–H and O–H groups in total. The third-order valence-electron chi connectivity index (χ3n) is 3.34. The third kappa shape index (κ3) is 6.21. The molecule has 0 aliphatic carbocycles. The van der Waals surface area contributed by atoms with Crippen LogP contribution in [0.3, 0.4) is 0 Å². The van der Waals surface area contributed by atoms with Crippen LogP contribution in [0, 0.1) is 0 Å². The Morgan fingerprint density at radius 1 is 1.31 bits per heavy atom. The number of guanidine groups is 1. The Balaban J connectivity index is 1.81. The fourth-order valence-electron chi connectivity index (χ4n) is 2.18. The van der Waals surface area contributed by atoms with Crippen LogP contribution in [0.2, 0.25) is 0 Å². The maximum atomic E-state index is 11.9. The van der Waals surface area contributed by atoms with Crippen LogP contribution < -0.4 is 16.0 Å². The number of carbonyl (C=O) groups excluding carboxylic acids is 1. The molecule has 2 aromatic rings. The molecular weight excluding hydrogens is 352 g/mol. The highest BCUT2D eigenvalue weighted by atomic mass is 32.1. The van der Waals surface area contributed by atoms with Crippen molar-refractivity contribution in [2.75, 3.05) is 13.6 Å². The third-order valence-corrected chi connectivity index (χ3v) is 4.11. The van der Waals surface area contributed by atoms with E-state index in [0.29, 0.717) is 19.0 Å². The first-order chi connectivity index (χ1) is 12.1. The van der Waals surface area contributed by atoms with Gasteiger partial charge in [-0.2, -0.15) is 0 Å². The highest BCUT2D eigenvalue weighted by Gasteiger charge is 2.24. The molecule has 0 fully saturated rings.